The molecule has 1 atom stereocenters. The van der Waals surface area contributed by atoms with Crippen molar-refractivity contribution >= 4 is 5.91 Å². The molecular formula is C31H34N4O3. The third-order valence-corrected chi connectivity index (χ3v) is 6.76. The lowest BCUT2D eigenvalue weighted by Gasteiger charge is -2.23. The van der Waals surface area contributed by atoms with Crippen molar-refractivity contribution in [3.63, 3.8) is 0 Å². The van der Waals surface area contributed by atoms with Gasteiger partial charge in [-0.25, -0.2) is 0 Å². The smallest absolute Gasteiger partial charge is 0.254 e. The van der Waals surface area contributed by atoms with Crippen molar-refractivity contribution in [1.29, 1.82) is 0 Å². The van der Waals surface area contributed by atoms with Crippen LogP contribution in [0.3, 0.4) is 0 Å². The Bertz CT molecular complexity index is 1360. The van der Waals surface area contributed by atoms with Gasteiger partial charge < -0.3 is 14.4 Å². The summed E-state index contributed by atoms with van der Waals surface area (Å²) in [5.41, 5.74) is 5.61. The van der Waals surface area contributed by atoms with Crippen molar-refractivity contribution in [3.8, 4) is 5.75 Å². The van der Waals surface area contributed by atoms with Crippen molar-refractivity contribution in [2.24, 2.45) is 5.92 Å². The lowest BCUT2D eigenvalue weighted by molar-refractivity contribution is 0.0727. The van der Waals surface area contributed by atoms with Crippen LogP contribution in [0.5, 0.6) is 5.75 Å². The van der Waals surface area contributed by atoms with E-state index in [1.54, 1.807) is 6.20 Å². The lowest BCUT2D eigenvalue weighted by Crippen LogP contribution is -2.30. The Morgan fingerprint density at radius 3 is 2.66 bits per heavy atom. The number of rotatable bonds is 10. The van der Waals surface area contributed by atoms with E-state index in [2.05, 4.69) is 16.1 Å². The zero-order valence-corrected chi connectivity index (χ0v) is 22.0. The van der Waals surface area contributed by atoms with Gasteiger partial charge in [0.15, 0.2) is 0 Å². The third kappa shape index (κ3) is 6.66. The van der Waals surface area contributed by atoms with Crippen molar-refractivity contribution in [1.82, 2.24) is 19.7 Å². The van der Waals surface area contributed by atoms with E-state index in [-0.39, 0.29) is 5.91 Å². The quantitative estimate of drug-likeness (QED) is 0.293. The molecule has 4 aromatic rings. The summed E-state index contributed by atoms with van der Waals surface area (Å²) < 4.78 is 13.5. The molecule has 1 aliphatic heterocycles. The van der Waals surface area contributed by atoms with Crippen LogP contribution in [0.15, 0.2) is 79.0 Å². The normalized spacial score (nSPS) is 14.9. The van der Waals surface area contributed by atoms with E-state index in [0.29, 0.717) is 37.7 Å². The highest BCUT2D eigenvalue weighted by atomic mass is 16.5. The van der Waals surface area contributed by atoms with Crippen molar-refractivity contribution in [2.75, 3.05) is 19.8 Å². The number of carbonyl (C=O) groups is 1. The summed E-state index contributed by atoms with van der Waals surface area (Å²) in [4.78, 5) is 20.2. The molecule has 1 saturated heterocycles. The van der Waals surface area contributed by atoms with Gasteiger partial charge in [0, 0.05) is 36.5 Å². The summed E-state index contributed by atoms with van der Waals surface area (Å²) in [5, 5.41) is 4.57. The highest BCUT2D eigenvalue weighted by molar-refractivity contribution is 5.94. The summed E-state index contributed by atoms with van der Waals surface area (Å²) in [6.07, 6.45) is 2.79. The summed E-state index contributed by atoms with van der Waals surface area (Å²) in [7, 11) is 0. The highest BCUT2D eigenvalue weighted by Crippen LogP contribution is 2.21. The Morgan fingerprint density at radius 2 is 1.89 bits per heavy atom. The Hall–Kier alpha value is -3.97. The van der Waals surface area contributed by atoms with Crippen LogP contribution in [0.1, 0.15) is 45.0 Å². The molecule has 0 saturated carbocycles. The average Bonchev–Trinajstić information content (AvgIpc) is 3.56. The van der Waals surface area contributed by atoms with Crippen LogP contribution in [-0.2, 0) is 24.4 Å². The van der Waals surface area contributed by atoms with E-state index in [0.717, 1.165) is 53.6 Å². The molecule has 1 fully saturated rings. The number of pyridine rings is 1. The third-order valence-electron chi connectivity index (χ3n) is 6.76. The predicted octanol–water partition coefficient (Wildman–Crippen LogP) is 5.20. The number of aromatic nitrogens is 3. The fourth-order valence-electron chi connectivity index (χ4n) is 4.76. The van der Waals surface area contributed by atoms with Crippen LogP contribution in [0, 0.1) is 19.8 Å². The summed E-state index contributed by atoms with van der Waals surface area (Å²) in [6.45, 7) is 7.71. The molecule has 0 bridgehead atoms. The Balaban J connectivity index is 1.34. The number of carbonyl (C=O) groups excluding carboxylic acids is 1. The topological polar surface area (TPSA) is 69.5 Å². The van der Waals surface area contributed by atoms with Gasteiger partial charge >= 0.3 is 0 Å². The first kappa shape index (κ1) is 25.7. The van der Waals surface area contributed by atoms with E-state index in [4.69, 9.17) is 9.47 Å². The number of benzene rings is 2. The van der Waals surface area contributed by atoms with Gasteiger partial charge in [-0.15, -0.1) is 0 Å². The molecule has 1 aliphatic rings. The first-order valence-electron chi connectivity index (χ1n) is 13.1. The van der Waals surface area contributed by atoms with Crippen LogP contribution >= 0.6 is 0 Å². The molecule has 0 spiro atoms. The van der Waals surface area contributed by atoms with Crippen molar-refractivity contribution in [2.45, 2.75) is 39.9 Å². The van der Waals surface area contributed by atoms with Gasteiger partial charge in [-0.05, 0) is 73.9 Å². The largest absolute Gasteiger partial charge is 0.493 e. The number of hydrogen-bond acceptors (Lipinski definition) is 5. The van der Waals surface area contributed by atoms with Crippen LogP contribution in [-0.4, -0.2) is 45.4 Å². The van der Waals surface area contributed by atoms with Crippen molar-refractivity contribution in [3.05, 3.63) is 113 Å². The predicted molar refractivity (Wildman–Crippen MR) is 146 cm³/mol. The van der Waals surface area contributed by atoms with Crippen LogP contribution in [0.25, 0.3) is 0 Å². The molecule has 1 amide bonds. The van der Waals surface area contributed by atoms with Crippen molar-refractivity contribution < 1.29 is 14.3 Å². The molecule has 0 aliphatic carbocycles. The second-order valence-electron chi connectivity index (χ2n) is 9.96. The molecule has 3 heterocycles. The van der Waals surface area contributed by atoms with Gasteiger partial charge in [0.2, 0.25) is 0 Å². The van der Waals surface area contributed by atoms with E-state index < -0.39 is 0 Å². The molecular weight excluding hydrogens is 476 g/mol. The summed E-state index contributed by atoms with van der Waals surface area (Å²) in [6, 6.07) is 23.6. The van der Waals surface area contributed by atoms with Crippen LogP contribution in [0.4, 0.5) is 0 Å². The maximum Gasteiger partial charge on any atom is 0.254 e. The molecule has 7 nitrogen and oxygen atoms in total. The number of aryl methyl sites for hydroxylation is 2. The van der Waals surface area contributed by atoms with E-state index in [1.165, 1.54) is 0 Å². The lowest BCUT2D eigenvalue weighted by atomic mass is 10.1. The molecule has 0 unspecified atom stereocenters. The van der Waals surface area contributed by atoms with Gasteiger partial charge in [0.05, 0.1) is 37.7 Å². The first-order valence-corrected chi connectivity index (χ1v) is 13.1. The Labute approximate surface area is 224 Å². The Kier molecular flexibility index (Phi) is 8.14. The molecule has 5 rings (SSSR count). The second-order valence-corrected chi connectivity index (χ2v) is 9.96. The molecule has 38 heavy (non-hydrogen) atoms. The zero-order chi connectivity index (χ0) is 26.3. The number of hydrogen-bond donors (Lipinski definition) is 0. The SMILES string of the molecule is Cc1cc(C)n(Cc2cccc(C(=O)N(Cc3cccc(OC[C@@H]4CCOC4)c3)Cc3ccccn3)c2)n1. The Morgan fingerprint density at radius 1 is 1.03 bits per heavy atom. The number of nitrogens with zero attached hydrogens (tertiary/aromatic N) is 4. The first-order chi connectivity index (χ1) is 18.5. The molecule has 2 aromatic carbocycles. The standard InChI is InChI=1S/C31H34N4O3/c1-23-15-24(2)35(33-23)19-25-7-5-9-28(16-25)31(36)34(20-29-10-3-4-13-32-29)18-26-8-6-11-30(17-26)38-22-27-12-14-37-21-27/h3-11,13,15-17,27H,12,14,18-22H2,1-2H3/t27-/m1/s1. The molecule has 0 radical (unpaired) electrons. The van der Waals surface area contributed by atoms with Crippen LogP contribution in [0.2, 0.25) is 0 Å². The van der Waals surface area contributed by atoms with Gasteiger partial charge in [-0.3, -0.25) is 14.5 Å². The minimum atomic E-state index is -0.0414. The van der Waals surface area contributed by atoms with Gasteiger partial charge in [0.1, 0.15) is 5.75 Å². The maximum atomic E-state index is 13.8. The van der Waals surface area contributed by atoms with E-state index in [1.807, 2.05) is 90.2 Å². The van der Waals surface area contributed by atoms with Gasteiger partial charge in [0.25, 0.3) is 5.91 Å². The summed E-state index contributed by atoms with van der Waals surface area (Å²) in [5.74, 6) is 1.20. The maximum absolute atomic E-state index is 13.8. The zero-order valence-electron chi connectivity index (χ0n) is 22.0. The number of ether oxygens (including phenoxy) is 2. The fraction of sp³-hybridized carbons (Fsp3) is 0.323. The monoisotopic (exact) mass is 510 g/mol. The van der Waals surface area contributed by atoms with Crippen LogP contribution < -0.4 is 4.74 Å². The highest BCUT2D eigenvalue weighted by Gasteiger charge is 2.19. The van der Waals surface area contributed by atoms with Gasteiger partial charge in [-0.1, -0.05) is 30.3 Å². The second kappa shape index (κ2) is 12.0. The fourth-order valence-corrected chi connectivity index (χ4v) is 4.76. The molecule has 2 aromatic heterocycles. The summed E-state index contributed by atoms with van der Waals surface area (Å²) >= 11 is 0. The molecule has 196 valence electrons. The van der Waals surface area contributed by atoms with E-state index >= 15 is 0 Å². The molecule has 7 heteroatoms. The minimum absolute atomic E-state index is 0.0414. The van der Waals surface area contributed by atoms with E-state index in [9.17, 15) is 4.79 Å². The molecule has 0 N–H and O–H groups in total. The van der Waals surface area contributed by atoms with Gasteiger partial charge in [-0.2, -0.15) is 5.10 Å². The minimum Gasteiger partial charge on any atom is -0.493 e. The average molecular weight is 511 g/mol. The number of amides is 1.